The zero-order valence-electron chi connectivity index (χ0n) is 18.0. The summed E-state index contributed by atoms with van der Waals surface area (Å²) in [5.74, 6) is -1.07. The van der Waals surface area contributed by atoms with Crippen molar-refractivity contribution in [1.29, 1.82) is 0 Å². The van der Waals surface area contributed by atoms with E-state index in [2.05, 4.69) is 51.9 Å². The lowest BCUT2D eigenvalue weighted by Gasteiger charge is -2.43. The van der Waals surface area contributed by atoms with Crippen LogP contribution >= 0.6 is 12.2 Å². The van der Waals surface area contributed by atoms with Gasteiger partial charge in [-0.15, -0.1) is 0 Å². The maximum atomic E-state index is 15.0. The number of hydrogen-bond donors (Lipinski definition) is 2. The smallest absolute Gasteiger partial charge is 0.184 e. The minimum atomic E-state index is -0.567. The highest BCUT2D eigenvalue weighted by molar-refractivity contribution is 7.80. The number of rotatable bonds is 6. The topological polar surface area (TPSA) is 56.9 Å². The number of benzene rings is 3. The molecule has 1 atom stereocenters. The number of nitrogens with zero attached hydrogens (tertiary/aromatic N) is 3. The summed E-state index contributed by atoms with van der Waals surface area (Å²) >= 11 is 4.65. The van der Waals surface area contributed by atoms with Crippen LogP contribution in [-0.4, -0.2) is 35.9 Å². The Kier molecular flexibility index (Phi) is 7.26. The molecule has 8 heteroatoms. The predicted molar refractivity (Wildman–Crippen MR) is 132 cm³/mol. The normalized spacial score (nSPS) is 16.8. The van der Waals surface area contributed by atoms with Crippen LogP contribution in [0.25, 0.3) is 0 Å². The van der Waals surface area contributed by atoms with E-state index in [-0.39, 0.29) is 22.4 Å². The van der Waals surface area contributed by atoms with Crippen molar-refractivity contribution in [3.05, 3.63) is 101 Å². The van der Waals surface area contributed by atoms with Crippen LogP contribution in [0.2, 0.25) is 0 Å². The van der Waals surface area contributed by atoms with Crippen molar-refractivity contribution >= 4 is 29.2 Å². The summed E-state index contributed by atoms with van der Waals surface area (Å²) in [4.78, 5) is 4.30. The molecule has 1 aliphatic heterocycles. The van der Waals surface area contributed by atoms with Gasteiger partial charge in [0.15, 0.2) is 5.11 Å². The minimum Gasteiger partial charge on any atom is -0.375 e. The minimum absolute atomic E-state index is 0.0160. The van der Waals surface area contributed by atoms with Crippen molar-refractivity contribution in [2.24, 2.45) is 10.8 Å². The molecule has 1 saturated heterocycles. The number of thiocarbonyl (C=S) groups is 1. The average molecular weight is 466 g/mol. The molecular weight excluding hydrogens is 440 g/mol. The Balaban J connectivity index is 1.58. The van der Waals surface area contributed by atoms with E-state index in [0.29, 0.717) is 13.1 Å². The van der Waals surface area contributed by atoms with E-state index in [0.717, 1.165) is 30.9 Å². The van der Waals surface area contributed by atoms with Crippen molar-refractivity contribution < 1.29 is 8.78 Å². The van der Waals surface area contributed by atoms with Crippen molar-refractivity contribution in [1.82, 2.24) is 10.3 Å². The van der Waals surface area contributed by atoms with Crippen molar-refractivity contribution in [2.45, 2.75) is 12.6 Å². The Morgan fingerprint density at radius 3 is 2.42 bits per heavy atom. The number of nitrogens with two attached hydrogens (primary N) is 1. The summed E-state index contributed by atoms with van der Waals surface area (Å²) in [5.41, 5.74) is 10.3. The Morgan fingerprint density at radius 2 is 1.73 bits per heavy atom. The quantitative estimate of drug-likeness (QED) is 0.325. The SMILES string of the molecule is NC(=S)N/N=C/c1cc(F)c(N2CCN(Cc3ccccc3)[C@H](c3ccccc3)C2)cc1F. The molecule has 0 radical (unpaired) electrons. The molecule has 0 aromatic heterocycles. The van der Waals surface area contributed by atoms with Crippen LogP contribution in [-0.2, 0) is 6.54 Å². The first-order valence-electron chi connectivity index (χ1n) is 10.7. The van der Waals surface area contributed by atoms with Gasteiger partial charge in [-0.1, -0.05) is 60.7 Å². The Bertz CT molecular complexity index is 1120. The van der Waals surface area contributed by atoms with Gasteiger partial charge >= 0.3 is 0 Å². The van der Waals surface area contributed by atoms with E-state index >= 15 is 4.39 Å². The molecule has 3 aromatic rings. The highest BCUT2D eigenvalue weighted by atomic mass is 32.1. The van der Waals surface area contributed by atoms with Crippen LogP contribution in [0.3, 0.4) is 0 Å². The maximum absolute atomic E-state index is 15.0. The lowest BCUT2D eigenvalue weighted by atomic mass is 10.0. The molecule has 0 saturated carbocycles. The monoisotopic (exact) mass is 465 g/mol. The largest absolute Gasteiger partial charge is 0.375 e. The van der Waals surface area contributed by atoms with Crippen molar-refractivity contribution in [3.8, 4) is 0 Å². The molecule has 170 valence electrons. The van der Waals surface area contributed by atoms with Crippen LogP contribution in [0.5, 0.6) is 0 Å². The summed E-state index contributed by atoms with van der Waals surface area (Å²) in [6, 6.07) is 22.8. The number of hydrogen-bond acceptors (Lipinski definition) is 4. The molecule has 0 spiro atoms. The summed E-state index contributed by atoms with van der Waals surface area (Å²) in [7, 11) is 0. The predicted octanol–water partition coefficient (Wildman–Crippen LogP) is 4.20. The second-order valence-electron chi connectivity index (χ2n) is 7.89. The molecule has 3 N–H and O–H groups in total. The fourth-order valence-electron chi connectivity index (χ4n) is 4.10. The van der Waals surface area contributed by atoms with Crippen LogP contribution in [0.4, 0.5) is 14.5 Å². The van der Waals surface area contributed by atoms with Gasteiger partial charge in [-0.3, -0.25) is 10.3 Å². The maximum Gasteiger partial charge on any atom is 0.184 e. The summed E-state index contributed by atoms with van der Waals surface area (Å²) in [6.07, 6.45) is 1.16. The molecule has 33 heavy (non-hydrogen) atoms. The fraction of sp³-hybridized carbons (Fsp3) is 0.200. The van der Waals surface area contributed by atoms with E-state index in [4.69, 9.17) is 5.73 Å². The first kappa shape index (κ1) is 22.8. The Hall–Kier alpha value is -3.36. The second kappa shape index (κ2) is 10.5. The van der Waals surface area contributed by atoms with Gasteiger partial charge < -0.3 is 10.6 Å². The van der Waals surface area contributed by atoms with E-state index in [1.807, 2.05) is 41.3 Å². The van der Waals surface area contributed by atoms with Gasteiger partial charge in [-0.25, -0.2) is 8.78 Å². The average Bonchev–Trinajstić information content (AvgIpc) is 2.82. The third kappa shape index (κ3) is 5.71. The van der Waals surface area contributed by atoms with Crippen LogP contribution in [0.15, 0.2) is 77.9 Å². The molecule has 0 aliphatic carbocycles. The first-order chi connectivity index (χ1) is 16.0. The van der Waals surface area contributed by atoms with Gasteiger partial charge in [-0.2, -0.15) is 5.10 Å². The highest BCUT2D eigenvalue weighted by Crippen LogP contribution is 2.32. The van der Waals surface area contributed by atoms with Gasteiger partial charge in [-0.05, 0) is 29.4 Å². The summed E-state index contributed by atoms with van der Waals surface area (Å²) < 4.78 is 29.7. The van der Waals surface area contributed by atoms with Gasteiger partial charge in [0, 0.05) is 37.8 Å². The zero-order valence-corrected chi connectivity index (χ0v) is 18.8. The molecule has 4 rings (SSSR count). The first-order valence-corrected chi connectivity index (χ1v) is 11.1. The third-order valence-electron chi connectivity index (χ3n) is 5.69. The molecule has 5 nitrogen and oxygen atoms in total. The Labute approximate surface area is 197 Å². The number of halogens is 2. The lowest BCUT2D eigenvalue weighted by molar-refractivity contribution is 0.168. The second-order valence-corrected chi connectivity index (χ2v) is 8.33. The Morgan fingerprint density at radius 1 is 1.03 bits per heavy atom. The zero-order chi connectivity index (χ0) is 23.2. The van der Waals surface area contributed by atoms with Gasteiger partial charge in [0.05, 0.1) is 17.9 Å². The molecule has 0 unspecified atom stereocenters. The molecule has 1 heterocycles. The number of hydrazone groups is 1. The van der Waals surface area contributed by atoms with E-state index in [1.165, 1.54) is 11.6 Å². The molecule has 1 aliphatic rings. The van der Waals surface area contributed by atoms with E-state index in [9.17, 15) is 4.39 Å². The lowest BCUT2D eigenvalue weighted by Crippen LogP contribution is -2.48. The number of nitrogens with one attached hydrogen (secondary N) is 1. The number of piperazine rings is 1. The fourth-order valence-corrected chi connectivity index (χ4v) is 4.15. The van der Waals surface area contributed by atoms with Gasteiger partial charge in [0.2, 0.25) is 0 Å². The summed E-state index contributed by atoms with van der Waals surface area (Å²) in [6.45, 7) is 2.64. The molecule has 1 fully saturated rings. The molecule has 3 aromatic carbocycles. The molecule has 0 bridgehead atoms. The van der Waals surface area contributed by atoms with Gasteiger partial charge in [0.1, 0.15) is 11.6 Å². The van der Waals surface area contributed by atoms with E-state index in [1.54, 1.807) is 0 Å². The van der Waals surface area contributed by atoms with Crippen LogP contribution in [0.1, 0.15) is 22.7 Å². The van der Waals surface area contributed by atoms with Crippen LogP contribution in [0, 0.1) is 11.6 Å². The number of anilines is 1. The molecular formula is C25H25F2N5S. The molecule has 0 amide bonds. The van der Waals surface area contributed by atoms with Gasteiger partial charge in [0.25, 0.3) is 0 Å². The summed E-state index contributed by atoms with van der Waals surface area (Å²) in [5, 5.41) is 3.67. The van der Waals surface area contributed by atoms with Crippen LogP contribution < -0.4 is 16.1 Å². The van der Waals surface area contributed by atoms with Crippen molar-refractivity contribution in [3.63, 3.8) is 0 Å². The third-order valence-corrected chi connectivity index (χ3v) is 5.78. The standard InChI is InChI=1S/C25H25F2N5S/c26-21-14-23(22(27)13-20(21)15-29-30-25(28)33)32-12-11-31(16-18-7-3-1-4-8-18)24(17-32)19-9-5-2-6-10-19/h1-10,13-15,24H,11-12,16-17H2,(H3,28,30,33)/b29-15+/t24-/m0/s1. The highest BCUT2D eigenvalue weighted by Gasteiger charge is 2.30. The van der Waals surface area contributed by atoms with E-state index < -0.39 is 11.6 Å². The van der Waals surface area contributed by atoms with Crippen molar-refractivity contribution in [2.75, 3.05) is 24.5 Å².